The molecule has 0 aliphatic carbocycles. The van der Waals surface area contributed by atoms with Crippen molar-refractivity contribution in [1.82, 2.24) is 0 Å². The van der Waals surface area contributed by atoms with Crippen molar-refractivity contribution in [1.29, 1.82) is 0 Å². The SMILES string of the molecule is CC.O=C(N(c1ccccc1)c1ccccc1)N(c1ccccc1)c1ccccc1. The number of anilines is 4. The molecule has 0 aliphatic heterocycles. The van der Waals surface area contributed by atoms with Crippen LogP contribution in [0.1, 0.15) is 13.8 Å². The molecule has 0 fully saturated rings. The smallest absolute Gasteiger partial charge is 0.262 e. The van der Waals surface area contributed by atoms with E-state index >= 15 is 0 Å². The fourth-order valence-corrected chi connectivity index (χ4v) is 3.15. The van der Waals surface area contributed by atoms with Gasteiger partial charge in [-0.25, -0.2) is 4.79 Å². The lowest BCUT2D eigenvalue weighted by Gasteiger charge is -2.31. The van der Waals surface area contributed by atoms with Gasteiger partial charge in [0.2, 0.25) is 0 Å². The van der Waals surface area contributed by atoms with Crippen LogP contribution in [-0.2, 0) is 0 Å². The maximum absolute atomic E-state index is 13.9. The highest BCUT2D eigenvalue weighted by Gasteiger charge is 2.26. The van der Waals surface area contributed by atoms with Crippen LogP contribution in [0.5, 0.6) is 0 Å². The van der Waals surface area contributed by atoms with Gasteiger partial charge in [-0.1, -0.05) is 86.6 Å². The molecule has 0 aromatic heterocycles. The Morgan fingerprint density at radius 1 is 0.433 bits per heavy atom. The van der Waals surface area contributed by atoms with E-state index in [9.17, 15) is 4.79 Å². The molecule has 150 valence electrons. The number of nitrogens with zero attached hydrogens (tertiary/aromatic N) is 2. The van der Waals surface area contributed by atoms with Crippen molar-refractivity contribution in [2.45, 2.75) is 13.8 Å². The summed E-state index contributed by atoms with van der Waals surface area (Å²) in [5.41, 5.74) is 3.26. The van der Waals surface area contributed by atoms with E-state index in [1.807, 2.05) is 135 Å². The lowest BCUT2D eigenvalue weighted by atomic mass is 10.2. The summed E-state index contributed by atoms with van der Waals surface area (Å²) in [7, 11) is 0. The summed E-state index contributed by atoms with van der Waals surface area (Å²) in [4.78, 5) is 17.4. The minimum absolute atomic E-state index is 0.144. The highest BCUT2D eigenvalue weighted by molar-refractivity contribution is 6.12. The lowest BCUT2D eigenvalue weighted by molar-refractivity contribution is 0.255. The minimum Gasteiger partial charge on any atom is -0.262 e. The Labute approximate surface area is 178 Å². The number of hydrogen-bond donors (Lipinski definition) is 0. The molecule has 30 heavy (non-hydrogen) atoms. The van der Waals surface area contributed by atoms with Crippen molar-refractivity contribution in [2.24, 2.45) is 0 Å². The van der Waals surface area contributed by atoms with Gasteiger partial charge >= 0.3 is 6.03 Å². The van der Waals surface area contributed by atoms with Gasteiger partial charge in [0.25, 0.3) is 0 Å². The van der Waals surface area contributed by atoms with Crippen molar-refractivity contribution in [2.75, 3.05) is 9.80 Å². The van der Waals surface area contributed by atoms with Crippen LogP contribution in [0.15, 0.2) is 121 Å². The summed E-state index contributed by atoms with van der Waals surface area (Å²) in [6.45, 7) is 4.00. The number of hydrogen-bond acceptors (Lipinski definition) is 1. The molecular formula is C27H26N2O. The third-order valence-corrected chi connectivity index (χ3v) is 4.44. The Morgan fingerprint density at radius 3 is 0.833 bits per heavy atom. The van der Waals surface area contributed by atoms with Crippen LogP contribution in [0.4, 0.5) is 27.5 Å². The first-order chi connectivity index (χ1) is 14.8. The average Bonchev–Trinajstić information content (AvgIpc) is 2.84. The van der Waals surface area contributed by atoms with Crippen LogP contribution in [0.25, 0.3) is 0 Å². The van der Waals surface area contributed by atoms with E-state index in [0.29, 0.717) is 0 Å². The Bertz CT molecular complexity index is 855. The Kier molecular flexibility index (Phi) is 7.39. The molecule has 4 aromatic carbocycles. The number of rotatable bonds is 4. The van der Waals surface area contributed by atoms with E-state index in [1.165, 1.54) is 0 Å². The zero-order chi connectivity index (χ0) is 21.2. The van der Waals surface area contributed by atoms with Crippen LogP contribution in [-0.4, -0.2) is 6.03 Å². The third-order valence-electron chi connectivity index (χ3n) is 4.44. The molecule has 0 N–H and O–H groups in total. The minimum atomic E-state index is -0.144. The highest BCUT2D eigenvalue weighted by Crippen LogP contribution is 2.32. The van der Waals surface area contributed by atoms with Crippen LogP contribution in [0.3, 0.4) is 0 Å². The Hall–Kier alpha value is -3.85. The van der Waals surface area contributed by atoms with Crippen molar-refractivity contribution in [3.63, 3.8) is 0 Å². The molecule has 3 nitrogen and oxygen atoms in total. The monoisotopic (exact) mass is 394 g/mol. The van der Waals surface area contributed by atoms with Gasteiger partial charge < -0.3 is 0 Å². The Balaban J connectivity index is 0.00000124. The molecule has 0 saturated heterocycles. The largest absolute Gasteiger partial charge is 0.338 e. The Morgan fingerprint density at radius 2 is 0.633 bits per heavy atom. The van der Waals surface area contributed by atoms with Crippen LogP contribution in [0, 0.1) is 0 Å². The van der Waals surface area contributed by atoms with Crippen LogP contribution >= 0.6 is 0 Å². The third kappa shape index (κ3) is 4.76. The second-order valence-corrected chi connectivity index (χ2v) is 6.30. The standard InChI is InChI=1S/C25H20N2O.C2H6/c28-25(26(21-13-5-1-6-14-21)22-15-7-2-8-16-22)27(23-17-9-3-10-18-23)24-19-11-4-12-20-24;1-2/h1-20H;1-2H3. The zero-order valence-corrected chi connectivity index (χ0v) is 17.3. The molecule has 0 saturated carbocycles. The topological polar surface area (TPSA) is 23.6 Å². The van der Waals surface area contributed by atoms with E-state index in [1.54, 1.807) is 9.80 Å². The van der Waals surface area contributed by atoms with E-state index in [4.69, 9.17) is 0 Å². The fourth-order valence-electron chi connectivity index (χ4n) is 3.15. The number of benzene rings is 4. The normalized spacial score (nSPS) is 9.80. The number of carbonyl (C=O) groups excluding carboxylic acids is 1. The molecule has 0 spiro atoms. The molecule has 2 amide bonds. The summed E-state index contributed by atoms with van der Waals surface area (Å²) in [6, 6.07) is 38.7. The summed E-state index contributed by atoms with van der Waals surface area (Å²) in [6.07, 6.45) is 0. The second kappa shape index (κ2) is 10.6. The maximum atomic E-state index is 13.9. The van der Waals surface area contributed by atoms with Crippen molar-refractivity contribution in [3.8, 4) is 0 Å². The second-order valence-electron chi connectivity index (χ2n) is 6.30. The number of para-hydroxylation sites is 4. The van der Waals surface area contributed by atoms with Crippen molar-refractivity contribution in [3.05, 3.63) is 121 Å². The van der Waals surface area contributed by atoms with Crippen molar-refractivity contribution < 1.29 is 4.79 Å². The van der Waals surface area contributed by atoms with Crippen LogP contribution < -0.4 is 9.80 Å². The first-order valence-electron chi connectivity index (χ1n) is 10.2. The summed E-state index contributed by atoms with van der Waals surface area (Å²) >= 11 is 0. The molecule has 0 atom stereocenters. The van der Waals surface area contributed by atoms with Gasteiger partial charge in [-0.15, -0.1) is 0 Å². The van der Waals surface area contributed by atoms with E-state index < -0.39 is 0 Å². The lowest BCUT2D eigenvalue weighted by Crippen LogP contribution is -2.38. The first kappa shape index (κ1) is 20.9. The van der Waals surface area contributed by atoms with Gasteiger partial charge in [0, 0.05) is 0 Å². The average molecular weight is 395 g/mol. The molecule has 4 rings (SSSR count). The number of carbonyl (C=O) groups is 1. The van der Waals surface area contributed by atoms with Gasteiger partial charge in [-0.05, 0) is 48.5 Å². The molecule has 0 unspecified atom stereocenters. The van der Waals surface area contributed by atoms with Gasteiger partial charge in [-0.3, -0.25) is 9.80 Å². The number of urea groups is 1. The van der Waals surface area contributed by atoms with Gasteiger partial charge in [0.15, 0.2) is 0 Å². The van der Waals surface area contributed by atoms with Gasteiger partial charge in [-0.2, -0.15) is 0 Å². The predicted molar refractivity (Wildman–Crippen MR) is 127 cm³/mol. The van der Waals surface area contributed by atoms with Gasteiger partial charge in [0.05, 0.1) is 22.7 Å². The zero-order valence-electron chi connectivity index (χ0n) is 17.3. The molecule has 4 aromatic rings. The van der Waals surface area contributed by atoms with E-state index in [0.717, 1.165) is 22.7 Å². The summed E-state index contributed by atoms with van der Waals surface area (Å²) < 4.78 is 0. The maximum Gasteiger partial charge on any atom is 0.338 e. The molecule has 0 bridgehead atoms. The molecule has 0 radical (unpaired) electrons. The fraction of sp³-hybridized carbons (Fsp3) is 0.0741. The predicted octanol–water partition coefficient (Wildman–Crippen LogP) is 7.81. The highest BCUT2D eigenvalue weighted by atomic mass is 16.2. The van der Waals surface area contributed by atoms with Gasteiger partial charge in [0.1, 0.15) is 0 Å². The molecule has 3 heteroatoms. The van der Waals surface area contributed by atoms with E-state index in [-0.39, 0.29) is 6.03 Å². The molecule has 0 aliphatic rings. The summed E-state index contributed by atoms with van der Waals surface area (Å²) in [5.74, 6) is 0. The van der Waals surface area contributed by atoms with Crippen molar-refractivity contribution >= 4 is 28.8 Å². The summed E-state index contributed by atoms with van der Waals surface area (Å²) in [5, 5.41) is 0. The van der Waals surface area contributed by atoms with Crippen LogP contribution in [0.2, 0.25) is 0 Å². The van der Waals surface area contributed by atoms with E-state index in [2.05, 4.69) is 0 Å². The molecule has 0 heterocycles. The number of amides is 2. The first-order valence-corrected chi connectivity index (χ1v) is 10.2. The quantitative estimate of drug-likeness (QED) is 0.346. The molecular weight excluding hydrogens is 368 g/mol.